The summed E-state index contributed by atoms with van der Waals surface area (Å²) in [4.78, 5) is 25.0. The third kappa shape index (κ3) is 3.89. The number of carbonyl (C=O) groups is 2. The fourth-order valence-electron chi connectivity index (χ4n) is 2.31. The lowest BCUT2D eigenvalue weighted by molar-refractivity contribution is -0.140. The van der Waals surface area contributed by atoms with Crippen LogP contribution in [0.4, 0.5) is 4.79 Å². The molecule has 2 amide bonds. The monoisotopic (exact) mass is 256 g/mol. The van der Waals surface area contributed by atoms with Crippen molar-refractivity contribution in [2.45, 2.75) is 58.5 Å². The summed E-state index contributed by atoms with van der Waals surface area (Å²) in [6, 6.07) is -0.868. The number of nitrogens with one attached hydrogen (secondary N) is 1. The Morgan fingerprint density at radius 2 is 1.94 bits per heavy atom. The van der Waals surface area contributed by atoms with E-state index in [0.29, 0.717) is 0 Å². The Kier molecular flexibility index (Phi) is 5.44. The highest BCUT2D eigenvalue weighted by Crippen LogP contribution is 2.16. The first-order valence-electron chi connectivity index (χ1n) is 6.73. The number of likely N-dealkylation sites (tertiary alicyclic amines) is 1. The number of carboxylic acids is 1. The van der Waals surface area contributed by atoms with E-state index < -0.39 is 12.0 Å². The maximum atomic E-state index is 12.1. The van der Waals surface area contributed by atoms with Gasteiger partial charge in [0.1, 0.15) is 6.04 Å². The third-order valence-electron chi connectivity index (χ3n) is 3.53. The number of amides is 2. The van der Waals surface area contributed by atoms with E-state index in [0.717, 1.165) is 32.2 Å². The summed E-state index contributed by atoms with van der Waals surface area (Å²) in [5.41, 5.74) is 0. The molecule has 18 heavy (non-hydrogen) atoms. The molecule has 0 aromatic heterocycles. The SMILES string of the molecule is CC(C)[C@@H](NC(=O)N1CCCCCC1C)C(=O)O. The van der Waals surface area contributed by atoms with Crippen LogP contribution in [-0.4, -0.2) is 40.6 Å². The van der Waals surface area contributed by atoms with Crippen LogP contribution >= 0.6 is 0 Å². The van der Waals surface area contributed by atoms with Crippen LogP contribution in [0.3, 0.4) is 0 Å². The van der Waals surface area contributed by atoms with Gasteiger partial charge in [-0.3, -0.25) is 0 Å². The molecule has 0 spiro atoms. The molecule has 1 aliphatic heterocycles. The number of urea groups is 1. The molecule has 1 rings (SSSR count). The number of nitrogens with zero attached hydrogens (tertiary/aromatic N) is 1. The predicted octanol–water partition coefficient (Wildman–Crippen LogP) is 2.07. The Labute approximate surface area is 109 Å². The second-order valence-electron chi connectivity index (χ2n) is 5.40. The second kappa shape index (κ2) is 6.61. The third-order valence-corrected chi connectivity index (χ3v) is 3.53. The average molecular weight is 256 g/mol. The van der Waals surface area contributed by atoms with Crippen molar-refractivity contribution in [3.05, 3.63) is 0 Å². The predicted molar refractivity (Wildman–Crippen MR) is 69.4 cm³/mol. The lowest BCUT2D eigenvalue weighted by Gasteiger charge is -2.29. The number of carbonyl (C=O) groups excluding carboxylic acids is 1. The fourth-order valence-corrected chi connectivity index (χ4v) is 2.31. The van der Waals surface area contributed by atoms with Crippen molar-refractivity contribution in [3.63, 3.8) is 0 Å². The number of carboxylic acid groups (broad SMARTS) is 1. The largest absolute Gasteiger partial charge is 0.480 e. The summed E-state index contributed by atoms with van der Waals surface area (Å²) in [6.45, 7) is 6.34. The van der Waals surface area contributed by atoms with E-state index in [1.165, 1.54) is 0 Å². The van der Waals surface area contributed by atoms with Gasteiger partial charge in [-0.05, 0) is 25.7 Å². The highest BCUT2D eigenvalue weighted by Gasteiger charge is 2.28. The molecular formula is C13H24N2O3. The van der Waals surface area contributed by atoms with E-state index >= 15 is 0 Å². The Morgan fingerprint density at radius 1 is 1.28 bits per heavy atom. The van der Waals surface area contributed by atoms with Crippen LogP contribution in [0.2, 0.25) is 0 Å². The van der Waals surface area contributed by atoms with Gasteiger partial charge in [-0.15, -0.1) is 0 Å². The summed E-state index contributed by atoms with van der Waals surface area (Å²) >= 11 is 0. The van der Waals surface area contributed by atoms with Crippen LogP contribution in [0.25, 0.3) is 0 Å². The number of hydrogen-bond acceptors (Lipinski definition) is 2. The minimum absolute atomic E-state index is 0.117. The minimum Gasteiger partial charge on any atom is -0.480 e. The summed E-state index contributed by atoms with van der Waals surface area (Å²) in [5.74, 6) is -1.09. The summed E-state index contributed by atoms with van der Waals surface area (Å²) < 4.78 is 0. The maximum absolute atomic E-state index is 12.1. The number of hydrogen-bond donors (Lipinski definition) is 2. The summed E-state index contributed by atoms with van der Waals surface area (Å²) in [7, 11) is 0. The Bertz CT molecular complexity index is 305. The van der Waals surface area contributed by atoms with Crippen molar-refractivity contribution in [2.24, 2.45) is 5.92 Å². The van der Waals surface area contributed by atoms with Crippen LogP contribution in [0, 0.1) is 5.92 Å². The fraction of sp³-hybridized carbons (Fsp3) is 0.846. The van der Waals surface area contributed by atoms with Gasteiger partial charge in [0.05, 0.1) is 0 Å². The zero-order valence-electron chi connectivity index (χ0n) is 11.5. The van der Waals surface area contributed by atoms with E-state index in [-0.39, 0.29) is 18.0 Å². The number of rotatable bonds is 3. The molecule has 2 N–H and O–H groups in total. The van der Waals surface area contributed by atoms with Crippen molar-refractivity contribution in [2.75, 3.05) is 6.54 Å². The molecule has 2 atom stereocenters. The topological polar surface area (TPSA) is 69.6 Å². The first kappa shape index (κ1) is 14.8. The van der Waals surface area contributed by atoms with Gasteiger partial charge in [0.25, 0.3) is 0 Å². The molecule has 5 nitrogen and oxygen atoms in total. The molecule has 1 fully saturated rings. The van der Waals surface area contributed by atoms with Crippen molar-refractivity contribution in [1.29, 1.82) is 0 Å². The molecule has 0 bridgehead atoms. The Hall–Kier alpha value is -1.26. The molecule has 0 saturated carbocycles. The van der Waals surface area contributed by atoms with Gasteiger partial charge in [0.2, 0.25) is 0 Å². The first-order chi connectivity index (χ1) is 8.43. The molecule has 0 radical (unpaired) electrons. The Morgan fingerprint density at radius 3 is 2.50 bits per heavy atom. The average Bonchev–Trinajstić information content (AvgIpc) is 2.49. The van der Waals surface area contributed by atoms with Gasteiger partial charge >= 0.3 is 12.0 Å². The zero-order chi connectivity index (χ0) is 13.7. The van der Waals surface area contributed by atoms with Crippen molar-refractivity contribution in [1.82, 2.24) is 10.2 Å². The standard InChI is InChI=1S/C13H24N2O3/c1-9(2)11(12(16)17)14-13(18)15-8-6-4-5-7-10(15)3/h9-11H,4-8H2,1-3H3,(H,14,18)(H,16,17)/t10?,11-/m1/s1. The highest BCUT2D eigenvalue weighted by molar-refractivity contribution is 5.82. The maximum Gasteiger partial charge on any atom is 0.326 e. The minimum atomic E-state index is -0.971. The van der Waals surface area contributed by atoms with Crippen LogP contribution in [0.1, 0.15) is 46.5 Å². The lowest BCUT2D eigenvalue weighted by Crippen LogP contribution is -2.52. The molecule has 1 unspecified atom stereocenters. The first-order valence-corrected chi connectivity index (χ1v) is 6.73. The molecular weight excluding hydrogens is 232 g/mol. The summed E-state index contributed by atoms with van der Waals surface area (Å²) in [6.07, 6.45) is 4.27. The molecule has 0 aromatic carbocycles. The molecule has 1 aliphatic rings. The van der Waals surface area contributed by atoms with Gasteiger partial charge in [-0.2, -0.15) is 0 Å². The van der Waals surface area contributed by atoms with E-state index in [4.69, 9.17) is 5.11 Å². The second-order valence-corrected chi connectivity index (χ2v) is 5.40. The van der Waals surface area contributed by atoms with Gasteiger partial charge in [-0.1, -0.05) is 26.7 Å². The van der Waals surface area contributed by atoms with E-state index in [9.17, 15) is 9.59 Å². The van der Waals surface area contributed by atoms with E-state index in [1.54, 1.807) is 18.7 Å². The van der Waals surface area contributed by atoms with E-state index in [2.05, 4.69) is 5.32 Å². The van der Waals surface area contributed by atoms with Gasteiger partial charge in [0.15, 0.2) is 0 Å². The van der Waals surface area contributed by atoms with Crippen molar-refractivity contribution < 1.29 is 14.7 Å². The molecule has 104 valence electrons. The van der Waals surface area contributed by atoms with Crippen LogP contribution in [0.5, 0.6) is 0 Å². The normalized spacial score (nSPS) is 22.4. The highest BCUT2D eigenvalue weighted by atomic mass is 16.4. The van der Waals surface area contributed by atoms with Crippen molar-refractivity contribution in [3.8, 4) is 0 Å². The Balaban J connectivity index is 2.64. The van der Waals surface area contributed by atoms with Crippen LogP contribution < -0.4 is 5.32 Å². The smallest absolute Gasteiger partial charge is 0.326 e. The molecule has 1 saturated heterocycles. The molecule has 0 aliphatic carbocycles. The lowest BCUT2D eigenvalue weighted by atomic mass is 10.1. The quantitative estimate of drug-likeness (QED) is 0.812. The molecule has 0 aromatic rings. The van der Waals surface area contributed by atoms with E-state index in [1.807, 2.05) is 6.92 Å². The van der Waals surface area contributed by atoms with Crippen molar-refractivity contribution >= 4 is 12.0 Å². The van der Waals surface area contributed by atoms with Gasteiger partial charge < -0.3 is 15.3 Å². The van der Waals surface area contributed by atoms with Crippen LogP contribution in [-0.2, 0) is 4.79 Å². The van der Waals surface area contributed by atoms with Crippen LogP contribution in [0.15, 0.2) is 0 Å². The van der Waals surface area contributed by atoms with Gasteiger partial charge in [-0.25, -0.2) is 9.59 Å². The summed E-state index contributed by atoms with van der Waals surface area (Å²) in [5, 5.41) is 11.7. The zero-order valence-corrected chi connectivity index (χ0v) is 11.5. The number of aliphatic carboxylic acids is 1. The van der Waals surface area contributed by atoms with Gasteiger partial charge in [0, 0.05) is 12.6 Å². The molecule has 1 heterocycles. The molecule has 5 heteroatoms.